The summed E-state index contributed by atoms with van der Waals surface area (Å²) in [5, 5.41) is 3.53. The molecule has 1 aliphatic heterocycles. The lowest BCUT2D eigenvalue weighted by Crippen LogP contribution is -2.23. The molecule has 0 unspecified atom stereocenters. The van der Waals surface area contributed by atoms with Crippen LogP contribution in [0.4, 0.5) is 0 Å². The van der Waals surface area contributed by atoms with Gasteiger partial charge in [-0.1, -0.05) is 0 Å². The van der Waals surface area contributed by atoms with Crippen LogP contribution in [-0.2, 0) is 6.42 Å². The number of nitrogens with one attached hydrogen (secondary N) is 1. The number of hydrogen-bond donors (Lipinski definition) is 1. The largest absolute Gasteiger partial charge is 0.494 e. The first-order chi connectivity index (χ1) is 14.2. The van der Waals surface area contributed by atoms with Crippen LogP contribution in [0.3, 0.4) is 0 Å². The fourth-order valence-electron chi connectivity index (χ4n) is 3.48. The van der Waals surface area contributed by atoms with Crippen LogP contribution < -0.4 is 24.3 Å². The maximum absolute atomic E-state index is 5.87. The van der Waals surface area contributed by atoms with E-state index in [1.165, 1.54) is 5.56 Å². The van der Waals surface area contributed by atoms with Crippen LogP contribution in [0.2, 0.25) is 0 Å². The van der Waals surface area contributed by atoms with Crippen molar-refractivity contribution in [3.8, 4) is 23.0 Å². The minimum Gasteiger partial charge on any atom is -0.494 e. The molecule has 2 aromatic rings. The molecule has 0 saturated carbocycles. The molecule has 2 aromatic carbocycles. The molecule has 1 aliphatic rings. The van der Waals surface area contributed by atoms with Gasteiger partial charge in [-0.2, -0.15) is 0 Å². The van der Waals surface area contributed by atoms with Crippen molar-refractivity contribution in [3.05, 3.63) is 47.0 Å². The maximum Gasteiger partial charge on any atom is 0.161 e. The Kier molecular flexibility index (Phi) is 7.28. The molecule has 0 aromatic heterocycles. The molecule has 0 saturated heterocycles. The summed E-state index contributed by atoms with van der Waals surface area (Å²) in [6, 6.07) is 10.2. The van der Waals surface area contributed by atoms with E-state index in [9.17, 15) is 0 Å². The number of rotatable bonds is 9. The minimum atomic E-state index is 0.596. The summed E-state index contributed by atoms with van der Waals surface area (Å²) in [4.78, 5) is 0. The highest BCUT2D eigenvalue weighted by Gasteiger charge is 2.19. The molecule has 0 atom stereocenters. The highest BCUT2D eigenvalue weighted by molar-refractivity contribution is 5.85. The Labute approximate surface area is 173 Å². The monoisotopic (exact) mass is 397 g/mol. The Hall–Kier alpha value is -2.82. The second-order valence-electron chi connectivity index (χ2n) is 6.62. The van der Waals surface area contributed by atoms with E-state index in [1.54, 1.807) is 0 Å². The van der Waals surface area contributed by atoms with E-state index in [0.717, 1.165) is 52.8 Å². The van der Waals surface area contributed by atoms with E-state index >= 15 is 0 Å². The van der Waals surface area contributed by atoms with Crippen molar-refractivity contribution in [1.29, 1.82) is 0 Å². The van der Waals surface area contributed by atoms with Gasteiger partial charge in [0.2, 0.25) is 0 Å². The van der Waals surface area contributed by atoms with E-state index in [-0.39, 0.29) is 0 Å². The van der Waals surface area contributed by atoms with Gasteiger partial charge in [-0.15, -0.1) is 0 Å². The molecule has 29 heavy (non-hydrogen) atoms. The van der Waals surface area contributed by atoms with E-state index in [2.05, 4.69) is 23.5 Å². The first-order valence-electron chi connectivity index (χ1n) is 10.5. The lowest BCUT2D eigenvalue weighted by Gasteiger charge is -2.24. The average Bonchev–Trinajstić information content (AvgIpc) is 2.71. The summed E-state index contributed by atoms with van der Waals surface area (Å²) >= 11 is 0. The standard InChI is InChI=1S/C24H31NO4/c1-5-26-19-10-9-18(22(15-19)27-6-2)13-21-20-16-24(29-8-4)23(28-7-3)14-17(20)11-12-25-21/h9-10,13-16,25H,5-8,11-12H2,1-4H3/b21-13-. The second kappa shape index (κ2) is 10.1. The molecule has 3 rings (SSSR count). The predicted molar refractivity (Wildman–Crippen MR) is 117 cm³/mol. The third kappa shape index (κ3) is 4.97. The topological polar surface area (TPSA) is 49.0 Å². The van der Waals surface area contributed by atoms with Crippen molar-refractivity contribution < 1.29 is 18.9 Å². The fourth-order valence-corrected chi connectivity index (χ4v) is 3.48. The first kappa shape index (κ1) is 20.9. The third-order valence-electron chi connectivity index (χ3n) is 4.66. The quantitative estimate of drug-likeness (QED) is 0.650. The molecule has 0 spiro atoms. The SMILES string of the molecule is CCOc1ccc(/C=C2\NCCc3cc(OCC)c(OCC)cc32)c(OCC)c1. The van der Waals surface area contributed by atoms with E-state index in [0.29, 0.717) is 26.4 Å². The minimum absolute atomic E-state index is 0.596. The van der Waals surface area contributed by atoms with Crippen LogP contribution in [0.15, 0.2) is 30.3 Å². The first-order valence-corrected chi connectivity index (χ1v) is 10.5. The van der Waals surface area contributed by atoms with Gasteiger partial charge in [-0.25, -0.2) is 0 Å². The van der Waals surface area contributed by atoms with Crippen molar-refractivity contribution in [1.82, 2.24) is 5.32 Å². The summed E-state index contributed by atoms with van der Waals surface area (Å²) in [6.45, 7) is 11.3. The van der Waals surface area contributed by atoms with Crippen molar-refractivity contribution in [3.63, 3.8) is 0 Å². The smallest absolute Gasteiger partial charge is 0.161 e. The Morgan fingerprint density at radius 3 is 2.14 bits per heavy atom. The molecule has 1 heterocycles. The molecule has 1 N–H and O–H groups in total. The van der Waals surface area contributed by atoms with Crippen LogP contribution in [0.25, 0.3) is 11.8 Å². The lowest BCUT2D eigenvalue weighted by molar-refractivity contribution is 0.287. The van der Waals surface area contributed by atoms with Gasteiger partial charge in [-0.3, -0.25) is 0 Å². The fraction of sp³-hybridized carbons (Fsp3) is 0.417. The van der Waals surface area contributed by atoms with Crippen LogP contribution >= 0.6 is 0 Å². The van der Waals surface area contributed by atoms with Crippen LogP contribution in [0, 0.1) is 0 Å². The van der Waals surface area contributed by atoms with Gasteiger partial charge in [0.25, 0.3) is 0 Å². The van der Waals surface area contributed by atoms with Crippen LogP contribution in [0.1, 0.15) is 44.4 Å². The van der Waals surface area contributed by atoms with Crippen molar-refractivity contribution in [2.45, 2.75) is 34.1 Å². The number of ether oxygens (including phenoxy) is 4. The number of benzene rings is 2. The summed E-state index contributed by atoms with van der Waals surface area (Å²) in [6.07, 6.45) is 3.08. The molecule has 0 fully saturated rings. The van der Waals surface area contributed by atoms with E-state index < -0.39 is 0 Å². The van der Waals surface area contributed by atoms with E-state index in [4.69, 9.17) is 18.9 Å². The van der Waals surface area contributed by atoms with Gasteiger partial charge < -0.3 is 24.3 Å². The average molecular weight is 398 g/mol. The molecular weight excluding hydrogens is 366 g/mol. The highest BCUT2D eigenvalue weighted by Crippen LogP contribution is 2.37. The Morgan fingerprint density at radius 1 is 0.793 bits per heavy atom. The van der Waals surface area contributed by atoms with Crippen molar-refractivity contribution in [2.75, 3.05) is 33.0 Å². The normalized spacial score (nSPS) is 14.1. The molecule has 0 amide bonds. The van der Waals surface area contributed by atoms with Crippen molar-refractivity contribution >= 4 is 11.8 Å². The van der Waals surface area contributed by atoms with E-state index in [1.807, 2.05) is 45.9 Å². The number of hydrogen-bond acceptors (Lipinski definition) is 5. The molecule has 0 bridgehead atoms. The summed E-state index contributed by atoms with van der Waals surface area (Å²) < 4.78 is 23.1. The van der Waals surface area contributed by atoms with Gasteiger partial charge in [0, 0.05) is 29.4 Å². The van der Waals surface area contributed by atoms with Gasteiger partial charge in [0.05, 0.1) is 26.4 Å². The van der Waals surface area contributed by atoms with Gasteiger partial charge in [-0.05, 0) is 70.0 Å². The number of fused-ring (bicyclic) bond motifs is 1. The summed E-state index contributed by atoms with van der Waals surface area (Å²) in [7, 11) is 0. The Balaban J connectivity index is 2.03. The molecule has 5 nitrogen and oxygen atoms in total. The Morgan fingerprint density at radius 2 is 1.45 bits per heavy atom. The summed E-state index contributed by atoms with van der Waals surface area (Å²) in [5.74, 6) is 3.22. The predicted octanol–water partition coefficient (Wildman–Crippen LogP) is 4.93. The molecule has 156 valence electrons. The van der Waals surface area contributed by atoms with Gasteiger partial charge in [0.1, 0.15) is 11.5 Å². The zero-order chi connectivity index (χ0) is 20.6. The summed E-state index contributed by atoms with van der Waals surface area (Å²) in [5.41, 5.74) is 4.46. The van der Waals surface area contributed by atoms with Crippen molar-refractivity contribution in [2.24, 2.45) is 0 Å². The van der Waals surface area contributed by atoms with Gasteiger partial charge >= 0.3 is 0 Å². The molecule has 0 radical (unpaired) electrons. The molecule has 5 heteroatoms. The molecular formula is C24H31NO4. The highest BCUT2D eigenvalue weighted by atomic mass is 16.5. The molecule has 0 aliphatic carbocycles. The zero-order valence-corrected chi connectivity index (χ0v) is 17.8. The van der Waals surface area contributed by atoms with Crippen LogP contribution in [0.5, 0.6) is 23.0 Å². The third-order valence-corrected chi connectivity index (χ3v) is 4.66. The zero-order valence-electron chi connectivity index (χ0n) is 17.8. The Bertz CT molecular complexity index is 860. The van der Waals surface area contributed by atoms with Crippen LogP contribution in [-0.4, -0.2) is 33.0 Å². The second-order valence-corrected chi connectivity index (χ2v) is 6.62. The maximum atomic E-state index is 5.87. The lowest BCUT2D eigenvalue weighted by atomic mass is 9.95. The van der Waals surface area contributed by atoms with Gasteiger partial charge in [0.15, 0.2) is 11.5 Å².